The first-order chi connectivity index (χ1) is 19.7. The first-order valence-corrected chi connectivity index (χ1v) is 14.6. The third-order valence-electron chi connectivity index (χ3n) is 9.15. The molecule has 0 amide bonds. The molecule has 0 atom stereocenters. The Morgan fingerprint density at radius 2 is 1.00 bits per heavy atom. The van der Waals surface area contributed by atoms with Crippen LogP contribution in [0.3, 0.4) is 0 Å². The third kappa shape index (κ3) is 3.54. The largest absolute Gasteiger partial charge is 0.494 e. The van der Waals surface area contributed by atoms with Crippen molar-refractivity contribution in [2.75, 3.05) is 6.61 Å². The minimum absolute atomic E-state index is 0.0514. The van der Waals surface area contributed by atoms with Gasteiger partial charge in [-0.2, -0.15) is 0 Å². The molecular formula is C39H34O. The minimum atomic E-state index is 0.0514. The highest BCUT2D eigenvalue weighted by atomic mass is 16.5. The van der Waals surface area contributed by atoms with Crippen LogP contribution in [-0.2, 0) is 5.41 Å². The van der Waals surface area contributed by atoms with Crippen LogP contribution >= 0.6 is 0 Å². The van der Waals surface area contributed by atoms with Crippen LogP contribution in [0, 0.1) is 0 Å². The maximum Gasteiger partial charge on any atom is 0.119 e. The van der Waals surface area contributed by atoms with Gasteiger partial charge in [-0.1, -0.05) is 111 Å². The Labute approximate surface area is 237 Å². The fourth-order valence-corrected chi connectivity index (χ4v) is 7.26. The van der Waals surface area contributed by atoms with Crippen LogP contribution in [0.5, 0.6) is 5.75 Å². The molecule has 0 saturated heterocycles. The molecule has 196 valence electrons. The molecular weight excluding hydrogens is 484 g/mol. The van der Waals surface area contributed by atoms with Gasteiger partial charge in [0, 0.05) is 5.41 Å². The maximum atomic E-state index is 5.74. The summed E-state index contributed by atoms with van der Waals surface area (Å²) >= 11 is 0. The molecule has 0 heterocycles. The number of ether oxygens (including phenoxy) is 1. The summed E-state index contributed by atoms with van der Waals surface area (Å²) in [5, 5.41) is 5.14. The molecule has 1 nitrogen and oxygen atoms in total. The van der Waals surface area contributed by atoms with Gasteiger partial charge in [0.1, 0.15) is 5.75 Å². The Morgan fingerprint density at radius 3 is 1.57 bits per heavy atom. The monoisotopic (exact) mass is 518 g/mol. The Morgan fingerprint density at radius 1 is 0.500 bits per heavy atom. The van der Waals surface area contributed by atoms with Gasteiger partial charge in [0.25, 0.3) is 0 Å². The molecule has 0 fully saturated rings. The van der Waals surface area contributed by atoms with Crippen molar-refractivity contribution in [2.45, 2.75) is 39.0 Å². The smallest absolute Gasteiger partial charge is 0.119 e. The number of fused-ring (bicyclic) bond motifs is 5. The normalized spacial score (nSPS) is 13.4. The highest BCUT2D eigenvalue weighted by Gasteiger charge is 2.40. The van der Waals surface area contributed by atoms with Crippen LogP contribution in [0.2, 0.25) is 0 Å². The van der Waals surface area contributed by atoms with Gasteiger partial charge in [-0.05, 0) is 104 Å². The Kier molecular flexibility index (Phi) is 5.97. The first-order valence-electron chi connectivity index (χ1n) is 14.6. The molecule has 0 spiro atoms. The van der Waals surface area contributed by atoms with Gasteiger partial charge in [0.05, 0.1) is 6.61 Å². The maximum absolute atomic E-state index is 5.74. The van der Waals surface area contributed by atoms with Crippen molar-refractivity contribution >= 4 is 21.5 Å². The summed E-state index contributed by atoms with van der Waals surface area (Å²) in [6.45, 7) is 7.39. The molecule has 1 aliphatic rings. The highest BCUT2D eigenvalue weighted by molar-refractivity contribution is 6.21. The van der Waals surface area contributed by atoms with Crippen molar-refractivity contribution in [2.24, 2.45) is 0 Å². The van der Waals surface area contributed by atoms with E-state index < -0.39 is 0 Å². The standard InChI is InChI=1S/C39H34O/c1-4-39(5-2)35-18-12-11-13-29(35)30-24-21-27(25-36(30)39)38-33-16-9-7-14-31(33)37(32-15-8-10-17-34(32)38)26-19-22-28(23-20-26)40-6-3/h7-25H,4-6H2,1-3H3. The van der Waals surface area contributed by atoms with E-state index >= 15 is 0 Å². The molecule has 1 heteroatoms. The average molecular weight is 519 g/mol. The predicted molar refractivity (Wildman–Crippen MR) is 170 cm³/mol. The van der Waals surface area contributed by atoms with Crippen molar-refractivity contribution in [3.05, 3.63) is 126 Å². The molecule has 0 unspecified atom stereocenters. The van der Waals surface area contributed by atoms with E-state index in [4.69, 9.17) is 4.74 Å². The summed E-state index contributed by atoms with van der Waals surface area (Å²) in [6, 6.07) is 42.7. The van der Waals surface area contributed by atoms with E-state index in [0.717, 1.165) is 18.6 Å². The predicted octanol–water partition coefficient (Wildman–Crippen LogP) is 10.8. The lowest BCUT2D eigenvalue weighted by atomic mass is 9.73. The van der Waals surface area contributed by atoms with E-state index in [-0.39, 0.29) is 5.41 Å². The molecule has 0 bridgehead atoms. The molecule has 0 aliphatic heterocycles. The van der Waals surface area contributed by atoms with Gasteiger partial charge >= 0.3 is 0 Å². The van der Waals surface area contributed by atoms with Crippen LogP contribution < -0.4 is 4.74 Å². The zero-order valence-electron chi connectivity index (χ0n) is 23.5. The molecule has 0 radical (unpaired) electrons. The number of benzene rings is 6. The van der Waals surface area contributed by atoms with Crippen LogP contribution in [0.4, 0.5) is 0 Å². The summed E-state index contributed by atoms with van der Waals surface area (Å²) in [6.07, 6.45) is 2.18. The van der Waals surface area contributed by atoms with Gasteiger partial charge in [0.2, 0.25) is 0 Å². The quantitative estimate of drug-likeness (QED) is 0.199. The molecule has 7 rings (SSSR count). The summed E-state index contributed by atoms with van der Waals surface area (Å²) < 4.78 is 5.74. The SMILES string of the molecule is CCOc1ccc(-c2c3ccccc3c(-c3ccc4c(c3)C(CC)(CC)c3ccccc3-4)c3ccccc23)cc1. The van der Waals surface area contributed by atoms with E-state index in [0.29, 0.717) is 6.61 Å². The van der Waals surface area contributed by atoms with Crippen LogP contribution in [0.15, 0.2) is 115 Å². The number of rotatable bonds is 6. The summed E-state index contributed by atoms with van der Waals surface area (Å²) in [5.74, 6) is 0.908. The van der Waals surface area contributed by atoms with Crippen LogP contribution in [-0.4, -0.2) is 6.61 Å². The lowest BCUT2D eigenvalue weighted by Gasteiger charge is -2.30. The second kappa shape index (κ2) is 9.68. The van der Waals surface area contributed by atoms with Gasteiger partial charge in [-0.25, -0.2) is 0 Å². The van der Waals surface area contributed by atoms with Crippen molar-refractivity contribution in [3.8, 4) is 39.1 Å². The van der Waals surface area contributed by atoms with Gasteiger partial charge < -0.3 is 4.74 Å². The second-order valence-electron chi connectivity index (χ2n) is 10.9. The molecule has 0 N–H and O–H groups in total. The fourth-order valence-electron chi connectivity index (χ4n) is 7.26. The molecule has 6 aromatic rings. The Hall–Kier alpha value is -4.36. The van der Waals surface area contributed by atoms with Gasteiger partial charge in [-0.15, -0.1) is 0 Å². The number of hydrogen-bond acceptors (Lipinski definition) is 1. The topological polar surface area (TPSA) is 9.23 Å². The number of hydrogen-bond donors (Lipinski definition) is 0. The summed E-state index contributed by atoms with van der Waals surface area (Å²) in [5.41, 5.74) is 10.9. The van der Waals surface area contributed by atoms with Gasteiger partial charge in [0.15, 0.2) is 0 Å². The first kappa shape index (κ1) is 24.7. The molecule has 0 saturated carbocycles. The van der Waals surface area contributed by atoms with E-state index in [1.165, 1.54) is 66.1 Å². The lowest BCUT2D eigenvalue weighted by molar-refractivity contribution is 0.340. The van der Waals surface area contributed by atoms with E-state index in [1.807, 2.05) is 6.92 Å². The average Bonchev–Trinajstić information content (AvgIpc) is 3.29. The summed E-state index contributed by atoms with van der Waals surface area (Å²) in [7, 11) is 0. The lowest BCUT2D eigenvalue weighted by Crippen LogP contribution is -2.23. The second-order valence-corrected chi connectivity index (χ2v) is 10.9. The molecule has 1 aliphatic carbocycles. The minimum Gasteiger partial charge on any atom is -0.494 e. The van der Waals surface area contributed by atoms with E-state index in [9.17, 15) is 0 Å². The Bertz CT molecular complexity index is 1820. The fraction of sp³-hybridized carbons (Fsp3) is 0.179. The van der Waals surface area contributed by atoms with Crippen molar-refractivity contribution in [3.63, 3.8) is 0 Å². The van der Waals surface area contributed by atoms with Crippen LogP contribution in [0.1, 0.15) is 44.7 Å². The summed E-state index contributed by atoms with van der Waals surface area (Å²) in [4.78, 5) is 0. The van der Waals surface area contributed by atoms with Crippen molar-refractivity contribution in [1.29, 1.82) is 0 Å². The zero-order valence-corrected chi connectivity index (χ0v) is 23.5. The van der Waals surface area contributed by atoms with Crippen LogP contribution in [0.25, 0.3) is 54.9 Å². The highest BCUT2D eigenvalue weighted by Crippen LogP contribution is 2.54. The third-order valence-corrected chi connectivity index (χ3v) is 9.15. The van der Waals surface area contributed by atoms with Gasteiger partial charge in [-0.3, -0.25) is 0 Å². The Balaban J connectivity index is 1.51. The molecule has 0 aromatic heterocycles. The molecule has 6 aromatic carbocycles. The van der Waals surface area contributed by atoms with Crippen molar-refractivity contribution in [1.82, 2.24) is 0 Å². The van der Waals surface area contributed by atoms with E-state index in [2.05, 4.69) is 129 Å². The zero-order chi connectivity index (χ0) is 27.3. The van der Waals surface area contributed by atoms with E-state index in [1.54, 1.807) is 0 Å². The molecule has 40 heavy (non-hydrogen) atoms. The van der Waals surface area contributed by atoms with Crippen molar-refractivity contribution < 1.29 is 4.74 Å².